The van der Waals surface area contributed by atoms with Crippen LogP contribution in [0, 0.1) is 13.8 Å². The monoisotopic (exact) mass is 378 g/mol. The van der Waals surface area contributed by atoms with Gasteiger partial charge in [0.15, 0.2) is 5.82 Å². The minimum absolute atomic E-state index is 0.291. The van der Waals surface area contributed by atoms with Crippen LogP contribution in [0.4, 0.5) is 10.5 Å². The molecule has 4 rings (SSSR count). The number of nitrogens with one attached hydrogen (secondary N) is 2. The van der Waals surface area contributed by atoms with Crippen molar-refractivity contribution in [1.29, 1.82) is 0 Å². The number of hydrogen-bond donors (Lipinski definition) is 2. The molecule has 0 spiro atoms. The average Bonchev–Trinajstić information content (AvgIpc) is 3.13. The topological polar surface area (TPSA) is 106 Å². The molecule has 2 aromatic heterocycles. The first-order chi connectivity index (χ1) is 13.6. The van der Waals surface area contributed by atoms with Gasteiger partial charge in [-0.1, -0.05) is 5.16 Å². The van der Waals surface area contributed by atoms with Gasteiger partial charge in [-0.25, -0.2) is 14.8 Å². The van der Waals surface area contributed by atoms with E-state index in [0.29, 0.717) is 29.8 Å². The van der Waals surface area contributed by atoms with E-state index in [1.54, 1.807) is 19.1 Å². The first-order valence-corrected chi connectivity index (χ1v) is 9.39. The van der Waals surface area contributed by atoms with Gasteiger partial charge in [-0.3, -0.25) is 0 Å². The molecule has 1 aromatic carbocycles. The lowest BCUT2D eigenvalue weighted by atomic mass is 9.95. The van der Waals surface area contributed by atoms with Crippen LogP contribution in [-0.4, -0.2) is 26.1 Å². The Labute approximate surface area is 162 Å². The third kappa shape index (κ3) is 4.00. The number of carbonyl (C=O) groups is 1. The summed E-state index contributed by atoms with van der Waals surface area (Å²) in [7, 11) is 0. The molecule has 1 aliphatic rings. The van der Waals surface area contributed by atoms with Gasteiger partial charge in [-0.15, -0.1) is 0 Å². The van der Waals surface area contributed by atoms with E-state index in [9.17, 15) is 4.79 Å². The number of anilines is 1. The molecule has 0 saturated heterocycles. The zero-order valence-corrected chi connectivity index (χ0v) is 16.0. The Kier molecular flexibility index (Phi) is 5.01. The number of fused-ring (bicyclic) bond motifs is 1. The molecule has 2 amide bonds. The summed E-state index contributed by atoms with van der Waals surface area (Å²) < 4.78 is 5.13. The maximum absolute atomic E-state index is 12.2. The van der Waals surface area contributed by atoms with Crippen molar-refractivity contribution < 1.29 is 9.32 Å². The van der Waals surface area contributed by atoms with E-state index in [4.69, 9.17) is 4.52 Å². The van der Waals surface area contributed by atoms with Crippen LogP contribution in [0.3, 0.4) is 0 Å². The van der Waals surface area contributed by atoms with Crippen LogP contribution in [0.2, 0.25) is 0 Å². The van der Waals surface area contributed by atoms with E-state index in [1.807, 2.05) is 19.1 Å². The van der Waals surface area contributed by atoms with Gasteiger partial charge in [0.25, 0.3) is 5.89 Å². The van der Waals surface area contributed by atoms with Gasteiger partial charge in [0, 0.05) is 22.6 Å². The van der Waals surface area contributed by atoms with E-state index in [-0.39, 0.29) is 6.03 Å². The number of urea groups is 1. The summed E-state index contributed by atoms with van der Waals surface area (Å²) in [5.74, 6) is 1.68. The molecule has 0 aliphatic heterocycles. The van der Waals surface area contributed by atoms with Crippen LogP contribution in [-0.2, 0) is 19.4 Å². The highest BCUT2D eigenvalue weighted by molar-refractivity contribution is 5.89. The van der Waals surface area contributed by atoms with Crippen molar-refractivity contribution in [1.82, 2.24) is 25.4 Å². The fourth-order valence-corrected chi connectivity index (χ4v) is 3.37. The number of hydrogen-bond acceptors (Lipinski definition) is 6. The van der Waals surface area contributed by atoms with Crippen LogP contribution in [0.5, 0.6) is 0 Å². The molecular weight excluding hydrogens is 356 g/mol. The Bertz CT molecular complexity index is 996. The van der Waals surface area contributed by atoms with Crippen LogP contribution < -0.4 is 10.6 Å². The second kappa shape index (κ2) is 7.75. The molecule has 28 heavy (non-hydrogen) atoms. The molecule has 2 N–H and O–H groups in total. The van der Waals surface area contributed by atoms with Gasteiger partial charge in [0.05, 0.1) is 6.54 Å². The molecule has 0 fully saturated rings. The lowest BCUT2D eigenvalue weighted by molar-refractivity contribution is 0.251. The molecule has 3 aromatic rings. The molecule has 0 bridgehead atoms. The Hall–Kier alpha value is -3.29. The Morgan fingerprint density at radius 3 is 2.61 bits per heavy atom. The maximum Gasteiger partial charge on any atom is 0.319 e. The third-order valence-corrected chi connectivity index (χ3v) is 4.76. The molecule has 0 radical (unpaired) electrons. The van der Waals surface area contributed by atoms with Crippen molar-refractivity contribution >= 4 is 11.7 Å². The van der Waals surface area contributed by atoms with Crippen molar-refractivity contribution in [2.24, 2.45) is 0 Å². The zero-order chi connectivity index (χ0) is 19.5. The lowest BCUT2D eigenvalue weighted by Crippen LogP contribution is -2.29. The van der Waals surface area contributed by atoms with Crippen LogP contribution >= 0.6 is 0 Å². The highest BCUT2D eigenvalue weighted by atomic mass is 16.5. The molecule has 1 aliphatic carbocycles. The minimum Gasteiger partial charge on any atom is -0.334 e. The van der Waals surface area contributed by atoms with Crippen molar-refractivity contribution in [2.75, 3.05) is 5.32 Å². The van der Waals surface area contributed by atoms with Gasteiger partial charge in [0.2, 0.25) is 0 Å². The first kappa shape index (κ1) is 18.1. The van der Waals surface area contributed by atoms with E-state index >= 15 is 0 Å². The fourth-order valence-electron chi connectivity index (χ4n) is 3.37. The zero-order valence-electron chi connectivity index (χ0n) is 16.0. The van der Waals surface area contributed by atoms with Crippen molar-refractivity contribution in [3.63, 3.8) is 0 Å². The summed E-state index contributed by atoms with van der Waals surface area (Å²) in [6.45, 7) is 4.07. The SMILES string of the molecule is Cc1noc(-c2ccc(NC(=O)NCc3nc(C)c4c(n3)CCCC4)cc2)n1. The number of aryl methyl sites for hydroxylation is 3. The number of aromatic nitrogens is 4. The summed E-state index contributed by atoms with van der Waals surface area (Å²) in [5.41, 5.74) is 4.89. The van der Waals surface area contributed by atoms with Crippen LogP contribution in [0.1, 0.15) is 41.4 Å². The van der Waals surface area contributed by atoms with Crippen LogP contribution in [0.15, 0.2) is 28.8 Å². The van der Waals surface area contributed by atoms with Crippen molar-refractivity contribution in [3.8, 4) is 11.5 Å². The van der Waals surface area contributed by atoms with Gasteiger partial charge in [-0.2, -0.15) is 4.98 Å². The molecular formula is C20H22N6O2. The summed E-state index contributed by atoms with van der Waals surface area (Å²) in [4.78, 5) is 25.5. The van der Waals surface area contributed by atoms with Gasteiger partial charge in [-0.05, 0) is 69.4 Å². The average molecular weight is 378 g/mol. The summed E-state index contributed by atoms with van der Waals surface area (Å²) in [5, 5.41) is 9.39. The smallest absolute Gasteiger partial charge is 0.319 e. The summed E-state index contributed by atoms with van der Waals surface area (Å²) in [6.07, 6.45) is 4.40. The molecule has 8 heteroatoms. The minimum atomic E-state index is -0.305. The number of nitrogens with zero attached hydrogens (tertiary/aromatic N) is 4. The Morgan fingerprint density at radius 1 is 1.07 bits per heavy atom. The van der Waals surface area contributed by atoms with Crippen molar-refractivity contribution in [3.05, 3.63) is 52.9 Å². The lowest BCUT2D eigenvalue weighted by Gasteiger charge is -2.17. The van der Waals surface area contributed by atoms with E-state index in [0.717, 1.165) is 36.2 Å². The molecule has 0 atom stereocenters. The number of amides is 2. The third-order valence-electron chi connectivity index (χ3n) is 4.76. The highest BCUT2D eigenvalue weighted by Gasteiger charge is 2.15. The molecule has 144 valence electrons. The van der Waals surface area contributed by atoms with Gasteiger partial charge >= 0.3 is 6.03 Å². The standard InChI is InChI=1S/C20H22N6O2/c1-12-16-5-3-4-6-17(16)25-18(22-12)11-21-20(27)24-15-9-7-14(8-10-15)19-23-13(2)26-28-19/h7-10H,3-6,11H2,1-2H3,(H2,21,24,27). The second-order valence-electron chi connectivity index (χ2n) is 6.89. The van der Waals surface area contributed by atoms with E-state index in [1.165, 1.54) is 12.0 Å². The second-order valence-corrected chi connectivity index (χ2v) is 6.89. The largest absolute Gasteiger partial charge is 0.334 e. The van der Waals surface area contributed by atoms with E-state index in [2.05, 4.69) is 30.7 Å². The fraction of sp³-hybridized carbons (Fsp3) is 0.350. The summed E-state index contributed by atoms with van der Waals surface area (Å²) in [6, 6.07) is 6.90. The molecule has 8 nitrogen and oxygen atoms in total. The quantitative estimate of drug-likeness (QED) is 0.721. The first-order valence-electron chi connectivity index (χ1n) is 9.39. The molecule has 0 unspecified atom stereocenters. The number of carbonyl (C=O) groups excluding carboxylic acids is 1. The molecule has 2 heterocycles. The van der Waals surface area contributed by atoms with Gasteiger partial charge in [0.1, 0.15) is 5.82 Å². The van der Waals surface area contributed by atoms with Crippen LogP contribution in [0.25, 0.3) is 11.5 Å². The van der Waals surface area contributed by atoms with Crippen molar-refractivity contribution in [2.45, 2.75) is 46.1 Å². The predicted molar refractivity (Wildman–Crippen MR) is 104 cm³/mol. The summed E-state index contributed by atoms with van der Waals surface area (Å²) >= 11 is 0. The Morgan fingerprint density at radius 2 is 1.86 bits per heavy atom. The Balaban J connectivity index is 1.35. The predicted octanol–water partition coefficient (Wildman–Crippen LogP) is 3.34. The number of benzene rings is 1. The normalized spacial score (nSPS) is 13.1. The molecule has 0 saturated carbocycles. The maximum atomic E-state index is 12.2. The number of rotatable bonds is 4. The highest BCUT2D eigenvalue weighted by Crippen LogP contribution is 2.22. The van der Waals surface area contributed by atoms with Gasteiger partial charge < -0.3 is 15.2 Å². The van der Waals surface area contributed by atoms with E-state index < -0.39 is 0 Å².